The second-order valence-corrected chi connectivity index (χ2v) is 6.22. The molecule has 0 radical (unpaired) electrons. The van der Waals surface area contributed by atoms with Crippen LogP contribution in [0.4, 0.5) is 0 Å². The third-order valence-electron chi connectivity index (χ3n) is 2.90. The van der Waals surface area contributed by atoms with E-state index in [4.69, 9.17) is 9.84 Å². The van der Waals surface area contributed by atoms with Gasteiger partial charge in [-0.05, 0) is 19.8 Å². The number of carboxylic acids is 1. The maximum Gasteiger partial charge on any atom is 0.303 e. The van der Waals surface area contributed by atoms with E-state index in [2.05, 4.69) is 4.72 Å². The lowest BCUT2D eigenvalue weighted by Crippen LogP contribution is -2.33. The quantitative estimate of drug-likeness (QED) is 0.685. The molecule has 1 rings (SSSR count). The monoisotopic (exact) mass is 265 g/mol. The molecule has 2 atom stereocenters. The topological polar surface area (TPSA) is 92.7 Å². The molecule has 2 unspecified atom stereocenters. The minimum atomic E-state index is -3.36. The minimum Gasteiger partial charge on any atom is -0.481 e. The number of hydrogen-bond donors (Lipinski definition) is 2. The van der Waals surface area contributed by atoms with Gasteiger partial charge in [-0.25, -0.2) is 13.1 Å². The number of carboxylic acid groups (broad SMARTS) is 1. The molecule has 0 spiro atoms. The summed E-state index contributed by atoms with van der Waals surface area (Å²) < 4.78 is 30.9. The largest absolute Gasteiger partial charge is 0.481 e. The molecule has 2 N–H and O–H groups in total. The average Bonchev–Trinajstić information content (AvgIpc) is 2.60. The molecule has 17 heavy (non-hydrogen) atoms. The van der Waals surface area contributed by atoms with E-state index in [0.29, 0.717) is 13.2 Å². The van der Waals surface area contributed by atoms with Gasteiger partial charge in [0.25, 0.3) is 0 Å². The zero-order chi connectivity index (χ0) is 12.9. The van der Waals surface area contributed by atoms with Crippen molar-refractivity contribution in [2.45, 2.75) is 32.3 Å². The van der Waals surface area contributed by atoms with Crippen molar-refractivity contribution < 1.29 is 23.1 Å². The number of sulfonamides is 1. The average molecular weight is 265 g/mol. The molecular weight excluding hydrogens is 246 g/mol. The number of carbonyl (C=O) groups is 1. The van der Waals surface area contributed by atoms with Gasteiger partial charge >= 0.3 is 5.97 Å². The minimum absolute atomic E-state index is 0.0803. The van der Waals surface area contributed by atoms with Gasteiger partial charge < -0.3 is 9.84 Å². The molecule has 1 heterocycles. The van der Waals surface area contributed by atoms with Crippen LogP contribution in [0.2, 0.25) is 0 Å². The van der Waals surface area contributed by atoms with E-state index < -0.39 is 16.0 Å². The highest BCUT2D eigenvalue weighted by Gasteiger charge is 2.25. The van der Waals surface area contributed by atoms with Crippen LogP contribution in [0, 0.1) is 5.92 Å². The van der Waals surface area contributed by atoms with E-state index in [-0.39, 0.29) is 30.6 Å². The van der Waals surface area contributed by atoms with Gasteiger partial charge in [0.1, 0.15) is 0 Å². The predicted molar refractivity (Wildman–Crippen MR) is 62.2 cm³/mol. The summed E-state index contributed by atoms with van der Waals surface area (Å²) in [5, 5.41) is 8.42. The Labute approximate surface area is 101 Å². The molecule has 1 fully saturated rings. The van der Waals surface area contributed by atoms with Crippen molar-refractivity contribution in [2.24, 2.45) is 5.92 Å². The van der Waals surface area contributed by atoms with Crippen LogP contribution in [0.25, 0.3) is 0 Å². The van der Waals surface area contributed by atoms with Gasteiger partial charge in [0.2, 0.25) is 10.0 Å². The highest BCUT2D eigenvalue weighted by atomic mass is 32.2. The standard InChI is InChI=1S/C10H19NO5S/c1-8-9(4-5-16-8)7-11-17(14,15)6-2-3-10(12)13/h8-9,11H,2-7H2,1H3,(H,12,13). The predicted octanol–water partition coefficient (Wildman–Crippen LogP) is 0.196. The van der Waals surface area contributed by atoms with Crippen LogP contribution in [-0.2, 0) is 19.6 Å². The highest BCUT2D eigenvalue weighted by Crippen LogP contribution is 2.19. The van der Waals surface area contributed by atoms with Crippen molar-refractivity contribution in [2.75, 3.05) is 18.9 Å². The lowest BCUT2D eigenvalue weighted by molar-refractivity contribution is -0.137. The Balaban J connectivity index is 2.26. The summed E-state index contributed by atoms with van der Waals surface area (Å²) in [7, 11) is -3.36. The maximum atomic E-state index is 11.5. The van der Waals surface area contributed by atoms with Crippen LogP contribution < -0.4 is 4.72 Å². The van der Waals surface area contributed by atoms with E-state index in [9.17, 15) is 13.2 Å². The Morgan fingerprint density at radius 2 is 2.24 bits per heavy atom. The van der Waals surface area contributed by atoms with E-state index >= 15 is 0 Å². The van der Waals surface area contributed by atoms with Crippen molar-refractivity contribution in [1.29, 1.82) is 0 Å². The second kappa shape index (κ2) is 6.32. The number of aliphatic carboxylic acids is 1. The van der Waals surface area contributed by atoms with E-state index in [1.807, 2.05) is 6.92 Å². The molecule has 0 aromatic rings. The van der Waals surface area contributed by atoms with E-state index in [1.165, 1.54) is 0 Å². The molecule has 6 nitrogen and oxygen atoms in total. The number of nitrogens with one attached hydrogen (secondary N) is 1. The normalized spacial score (nSPS) is 25.0. The first kappa shape index (κ1) is 14.4. The summed E-state index contributed by atoms with van der Waals surface area (Å²) in [6, 6.07) is 0. The number of rotatable bonds is 7. The van der Waals surface area contributed by atoms with Crippen LogP contribution in [0.1, 0.15) is 26.2 Å². The molecule has 0 aliphatic carbocycles. The van der Waals surface area contributed by atoms with Gasteiger partial charge in [-0.1, -0.05) is 0 Å². The van der Waals surface area contributed by atoms with E-state index in [1.54, 1.807) is 0 Å². The van der Waals surface area contributed by atoms with Crippen LogP contribution in [0.3, 0.4) is 0 Å². The summed E-state index contributed by atoms with van der Waals surface area (Å²) in [6.45, 7) is 2.97. The van der Waals surface area contributed by atoms with Crippen molar-refractivity contribution in [3.8, 4) is 0 Å². The van der Waals surface area contributed by atoms with Gasteiger partial charge in [0.05, 0.1) is 11.9 Å². The molecule has 1 aliphatic heterocycles. The Bertz CT molecular complexity index is 354. The Morgan fingerprint density at radius 3 is 2.76 bits per heavy atom. The fraction of sp³-hybridized carbons (Fsp3) is 0.900. The van der Waals surface area contributed by atoms with Crippen molar-refractivity contribution in [3.63, 3.8) is 0 Å². The first-order chi connectivity index (χ1) is 7.91. The summed E-state index contributed by atoms with van der Waals surface area (Å²) in [6.07, 6.45) is 0.959. The van der Waals surface area contributed by atoms with Gasteiger partial charge in [-0.3, -0.25) is 4.79 Å². The van der Waals surface area contributed by atoms with Crippen LogP contribution in [0.5, 0.6) is 0 Å². The zero-order valence-corrected chi connectivity index (χ0v) is 10.7. The molecular formula is C10H19NO5S. The molecule has 0 aromatic carbocycles. The molecule has 0 amide bonds. The van der Waals surface area contributed by atoms with Crippen LogP contribution in [-0.4, -0.2) is 44.5 Å². The van der Waals surface area contributed by atoms with E-state index in [0.717, 1.165) is 6.42 Å². The molecule has 0 aromatic heterocycles. The highest BCUT2D eigenvalue weighted by molar-refractivity contribution is 7.89. The van der Waals surface area contributed by atoms with Gasteiger partial charge in [0, 0.05) is 25.5 Å². The Kier molecular flexibility index (Phi) is 5.35. The molecule has 0 bridgehead atoms. The van der Waals surface area contributed by atoms with Crippen LogP contribution >= 0.6 is 0 Å². The molecule has 7 heteroatoms. The van der Waals surface area contributed by atoms with Gasteiger partial charge in [0.15, 0.2) is 0 Å². The van der Waals surface area contributed by atoms with Crippen molar-refractivity contribution >= 4 is 16.0 Å². The summed E-state index contributed by atoms with van der Waals surface area (Å²) >= 11 is 0. The van der Waals surface area contributed by atoms with Crippen molar-refractivity contribution in [3.05, 3.63) is 0 Å². The third-order valence-corrected chi connectivity index (χ3v) is 4.34. The second-order valence-electron chi connectivity index (χ2n) is 4.29. The fourth-order valence-electron chi connectivity index (χ4n) is 1.76. The summed E-state index contributed by atoms with van der Waals surface area (Å²) in [5.41, 5.74) is 0. The summed E-state index contributed by atoms with van der Waals surface area (Å²) in [5.74, 6) is -0.899. The Morgan fingerprint density at radius 1 is 1.53 bits per heavy atom. The zero-order valence-electron chi connectivity index (χ0n) is 9.89. The third kappa shape index (κ3) is 5.47. The fourth-order valence-corrected chi connectivity index (χ4v) is 2.90. The summed E-state index contributed by atoms with van der Waals surface area (Å²) in [4.78, 5) is 10.3. The lowest BCUT2D eigenvalue weighted by atomic mass is 10.0. The Hall–Kier alpha value is -0.660. The molecule has 100 valence electrons. The molecule has 0 saturated carbocycles. The lowest BCUT2D eigenvalue weighted by Gasteiger charge is -2.14. The number of hydrogen-bond acceptors (Lipinski definition) is 4. The SMILES string of the molecule is CC1OCCC1CNS(=O)(=O)CCCC(=O)O. The van der Waals surface area contributed by atoms with Gasteiger partial charge in [-0.2, -0.15) is 0 Å². The van der Waals surface area contributed by atoms with Gasteiger partial charge in [-0.15, -0.1) is 0 Å². The smallest absolute Gasteiger partial charge is 0.303 e. The molecule has 1 saturated heterocycles. The maximum absolute atomic E-state index is 11.5. The van der Waals surface area contributed by atoms with Crippen molar-refractivity contribution in [1.82, 2.24) is 4.72 Å². The first-order valence-corrected chi connectivity index (χ1v) is 7.36. The van der Waals surface area contributed by atoms with Crippen LogP contribution in [0.15, 0.2) is 0 Å². The number of ether oxygens (including phenoxy) is 1. The molecule has 1 aliphatic rings. The first-order valence-electron chi connectivity index (χ1n) is 5.71.